The largest absolute Gasteiger partial charge is 0.481 e. The van der Waals surface area contributed by atoms with Crippen molar-refractivity contribution in [3.63, 3.8) is 0 Å². The van der Waals surface area contributed by atoms with E-state index in [2.05, 4.69) is 5.32 Å². The average molecular weight is 260 g/mol. The molecule has 0 spiro atoms. The summed E-state index contributed by atoms with van der Waals surface area (Å²) in [5.74, 6) is -3.18. The molecule has 1 aromatic rings. The first-order chi connectivity index (χ1) is 8.41. The number of hydrogen-bond acceptors (Lipinski definition) is 4. The number of non-ortho nitro benzene ring substituents is 1. The first kappa shape index (κ1) is 13.8. The Labute approximate surface area is 100 Å². The molecule has 8 heteroatoms. The van der Waals surface area contributed by atoms with E-state index in [9.17, 15) is 23.7 Å². The van der Waals surface area contributed by atoms with Crippen molar-refractivity contribution in [1.82, 2.24) is 0 Å². The third kappa shape index (κ3) is 3.65. The summed E-state index contributed by atoms with van der Waals surface area (Å²) in [5.41, 5.74) is -1.17. The van der Waals surface area contributed by atoms with Gasteiger partial charge in [-0.15, -0.1) is 0 Å². The minimum Gasteiger partial charge on any atom is -0.481 e. The molecule has 0 saturated carbocycles. The zero-order valence-corrected chi connectivity index (χ0v) is 9.15. The summed E-state index contributed by atoms with van der Waals surface area (Å²) in [6, 6.07) is 1.20. The molecule has 2 N–H and O–H groups in total. The molecule has 98 valence electrons. The molecule has 18 heavy (non-hydrogen) atoms. The van der Waals surface area contributed by atoms with Crippen molar-refractivity contribution in [1.29, 1.82) is 0 Å². The van der Waals surface area contributed by atoms with Crippen LogP contribution in [-0.4, -0.2) is 22.5 Å². The first-order valence-electron chi connectivity index (χ1n) is 5.01. The Hall–Kier alpha value is -2.25. The Morgan fingerprint density at radius 3 is 2.39 bits per heavy atom. The second-order valence-corrected chi connectivity index (χ2v) is 3.47. The van der Waals surface area contributed by atoms with Crippen LogP contribution in [0.2, 0.25) is 0 Å². The Morgan fingerprint density at radius 2 is 1.94 bits per heavy atom. The van der Waals surface area contributed by atoms with Gasteiger partial charge in [0.2, 0.25) is 0 Å². The van der Waals surface area contributed by atoms with Crippen LogP contribution < -0.4 is 5.32 Å². The van der Waals surface area contributed by atoms with Crippen molar-refractivity contribution in [2.24, 2.45) is 0 Å². The van der Waals surface area contributed by atoms with Crippen molar-refractivity contribution < 1.29 is 23.6 Å². The second-order valence-electron chi connectivity index (χ2n) is 3.47. The van der Waals surface area contributed by atoms with Gasteiger partial charge in [0.1, 0.15) is 5.69 Å². The molecule has 0 aliphatic heterocycles. The van der Waals surface area contributed by atoms with Crippen LogP contribution in [0.3, 0.4) is 0 Å². The molecular formula is C10H10F2N2O4. The van der Waals surface area contributed by atoms with Crippen LogP contribution in [0.25, 0.3) is 0 Å². The summed E-state index contributed by atoms with van der Waals surface area (Å²) >= 11 is 0. The van der Waals surface area contributed by atoms with Crippen molar-refractivity contribution in [3.8, 4) is 0 Å². The lowest BCUT2D eigenvalue weighted by molar-refractivity contribution is -0.385. The maximum atomic E-state index is 13.3. The highest BCUT2D eigenvalue weighted by molar-refractivity contribution is 5.66. The van der Waals surface area contributed by atoms with Crippen LogP contribution in [0, 0.1) is 21.7 Å². The van der Waals surface area contributed by atoms with Gasteiger partial charge in [0, 0.05) is 13.0 Å². The molecule has 0 saturated heterocycles. The molecule has 0 heterocycles. The van der Waals surface area contributed by atoms with Gasteiger partial charge in [-0.3, -0.25) is 14.9 Å². The second kappa shape index (κ2) is 5.89. The van der Waals surface area contributed by atoms with Crippen LogP contribution in [0.1, 0.15) is 12.8 Å². The number of carbonyl (C=O) groups is 1. The van der Waals surface area contributed by atoms with Gasteiger partial charge in [-0.05, 0) is 6.42 Å². The molecular weight excluding hydrogens is 250 g/mol. The number of nitro groups is 1. The number of nitrogens with one attached hydrogen (secondary N) is 1. The van der Waals surface area contributed by atoms with Gasteiger partial charge in [0.15, 0.2) is 11.6 Å². The van der Waals surface area contributed by atoms with Crippen LogP contribution in [0.4, 0.5) is 20.2 Å². The van der Waals surface area contributed by atoms with E-state index in [1.54, 1.807) is 0 Å². The van der Waals surface area contributed by atoms with Crippen LogP contribution in [-0.2, 0) is 4.79 Å². The third-order valence-corrected chi connectivity index (χ3v) is 2.11. The smallest absolute Gasteiger partial charge is 0.303 e. The fourth-order valence-corrected chi connectivity index (χ4v) is 1.29. The molecule has 0 aliphatic rings. The number of aliphatic carboxylic acids is 1. The van der Waals surface area contributed by atoms with E-state index in [1.807, 2.05) is 0 Å². The number of carboxylic acid groups (broad SMARTS) is 1. The standard InChI is InChI=1S/C10H10F2N2O4/c11-7-4-6(14(17)18)5-8(12)10(7)13-3-1-2-9(15)16/h4-5,13H,1-3H2,(H,15,16). The monoisotopic (exact) mass is 260 g/mol. The molecule has 0 radical (unpaired) electrons. The minimum atomic E-state index is -1.09. The predicted molar refractivity (Wildman–Crippen MR) is 58.4 cm³/mol. The predicted octanol–water partition coefficient (Wildman–Crippen LogP) is 2.15. The number of anilines is 1. The van der Waals surface area contributed by atoms with Crippen molar-refractivity contribution in [2.45, 2.75) is 12.8 Å². The fourth-order valence-electron chi connectivity index (χ4n) is 1.29. The number of rotatable bonds is 6. The van der Waals surface area contributed by atoms with Crippen LogP contribution >= 0.6 is 0 Å². The summed E-state index contributed by atoms with van der Waals surface area (Å²) in [5, 5.41) is 21.1. The molecule has 0 aromatic heterocycles. The average Bonchev–Trinajstić information content (AvgIpc) is 2.26. The lowest BCUT2D eigenvalue weighted by Crippen LogP contribution is -2.08. The molecule has 0 unspecified atom stereocenters. The van der Waals surface area contributed by atoms with E-state index in [-0.39, 0.29) is 19.4 Å². The molecule has 6 nitrogen and oxygen atoms in total. The highest BCUT2D eigenvalue weighted by atomic mass is 19.1. The van der Waals surface area contributed by atoms with E-state index in [4.69, 9.17) is 5.11 Å². The summed E-state index contributed by atoms with van der Waals surface area (Å²) in [6.45, 7) is 0.0535. The highest BCUT2D eigenvalue weighted by Gasteiger charge is 2.16. The molecule has 0 amide bonds. The third-order valence-electron chi connectivity index (χ3n) is 2.11. The molecule has 0 atom stereocenters. The zero-order valence-electron chi connectivity index (χ0n) is 9.15. The number of halogens is 2. The first-order valence-corrected chi connectivity index (χ1v) is 5.01. The van der Waals surface area contributed by atoms with E-state index in [0.29, 0.717) is 12.1 Å². The topological polar surface area (TPSA) is 92.5 Å². The lowest BCUT2D eigenvalue weighted by atomic mass is 10.2. The maximum Gasteiger partial charge on any atom is 0.303 e. The van der Waals surface area contributed by atoms with Crippen molar-refractivity contribution in [3.05, 3.63) is 33.9 Å². The van der Waals surface area contributed by atoms with Gasteiger partial charge < -0.3 is 10.4 Å². The van der Waals surface area contributed by atoms with E-state index in [1.165, 1.54) is 0 Å². The highest BCUT2D eigenvalue weighted by Crippen LogP contribution is 2.24. The SMILES string of the molecule is O=C(O)CCCNc1c(F)cc([N+](=O)[O-])cc1F. The zero-order chi connectivity index (χ0) is 13.7. The number of nitrogens with zero attached hydrogens (tertiary/aromatic N) is 1. The summed E-state index contributed by atoms with van der Waals surface area (Å²) in [6.07, 6.45) is 0.0500. The van der Waals surface area contributed by atoms with Gasteiger partial charge in [0.05, 0.1) is 17.1 Å². The van der Waals surface area contributed by atoms with Gasteiger partial charge in [-0.25, -0.2) is 8.78 Å². The van der Waals surface area contributed by atoms with Gasteiger partial charge in [0.25, 0.3) is 5.69 Å². The quantitative estimate of drug-likeness (QED) is 0.464. The fraction of sp³-hybridized carbons (Fsp3) is 0.300. The Bertz CT molecular complexity index is 456. The summed E-state index contributed by atoms with van der Waals surface area (Å²) in [4.78, 5) is 19.6. The maximum absolute atomic E-state index is 13.3. The molecule has 1 rings (SSSR count). The van der Waals surface area contributed by atoms with Gasteiger partial charge >= 0.3 is 5.97 Å². The van der Waals surface area contributed by atoms with E-state index in [0.717, 1.165) is 0 Å². The summed E-state index contributed by atoms with van der Waals surface area (Å²) in [7, 11) is 0. The van der Waals surface area contributed by atoms with Gasteiger partial charge in [-0.2, -0.15) is 0 Å². The van der Waals surface area contributed by atoms with Crippen molar-refractivity contribution in [2.75, 3.05) is 11.9 Å². The number of carboxylic acids is 1. The lowest BCUT2D eigenvalue weighted by Gasteiger charge is -2.07. The molecule has 0 bridgehead atoms. The number of nitro benzene ring substituents is 1. The molecule has 0 aliphatic carbocycles. The van der Waals surface area contributed by atoms with Crippen molar-refractivity contribution >= 4 is 17.3 Å². The molecule has 1 aromatic carbocycles. The van der Waals surface area contributed by atoms with Crippen LogP contribution in [0.15, 0.2) is 12.1 Å². The Balaban J connectivity index is 2.72. The normalized spacial score (nSPS) is 10.1. The van der Waals surface area contributed by atoms with E-state index < -0.39 is 33.9 Å². The number of benzene rings is 1. The number of hydrogen-bond donors (Lipinski definition) is 2. The summed E-state index contributed by atoms with van der Waals surface area (Å²) < 4.78 is 26.7. The molecule has 0 fully saturated rings. The van der Waals surface area contributed by atoms with E-state index >= 15 is 0 Å². The Kier molecular flexibility index (Phi) is 4.52. The minimum absolute atomic E-state index is 0.0535. The van der Waals surface area contributed by atoms with Gasteiger partial charge in [-0.1, -0.05) is 0 Å². The van der Waals surface area contributed by atoms with Crippen LogP contribution in [0.5, 0.6) is 0 Å². The Morgan fingerprint density at radius 1 is 1.39 bits per heavy atom.